The van der Waals surface area contributed by atoms with Crippen molar-refractivity contribution in [1.82, 2.24) is 9.97 Å². The summed E-state index contributed by atoms with van der Waals surface area (Å²) in [6, 6.07) is 6.13. The molecule has 2 aromatic rings. The summed E-state index contributed by atoms with van der Waals surface area (Å²) in [4.78, 5) is 18.1. The summed E-state index contributed by atoms with van der Waals surface area (Å²) >= 11 is 6.01. The van der Waals surface area contributed by atoms with Gasteiger partial charge in [0, 0.05) is 5.56 Å². The molecule has 4 nitrogen and oxygen atoms in total. The maximum atomic E-state index is 12.5. The molecule has 22 heavy (non-hydrogen) atoms. The van der Waals surface area contributed by atoms with Crippen LogP contribution >= 0.6 is 11.6 Å². The highest BCUT2D eigenvalue weighted by molar-refractivity contribution is 6.20. The monoisotopic (exact) mass is 330 g/mol. The van der Waals surface area contributed by atoms with Gasteiger partial charge >= 0.3 is 6.18 Å². The number of carbonyl (C=O) groups excluding carboxylic acids is 1. The van der Waals surface area contributed by atoms with E-state index >= 15 is 0 Å². The summed E-state index contributed by atoms with van der Waals surface area (Å²) < 4.78 is 42.1. The van der Waals surface area contributed by atoms with Crippen LogP contribution in [0.5, 0.6) is 0 Å². The van der Waals surface area contributed by atoms with Crippen molar-refractivity contribution in [1.29, 1.82) is 0 Å². The van der Waals surface area contributed by atoms with E-state index in [2.05, 4.69) is 14.7 Å². The first-order chi connectivity index (χ1) is 10.4. The van der Waals surface area contributed by atoms with Crippen LogP contribution in [0.2, 0.25) is 0 Å². The molecular weight excluding hydrogens is 321 g/mol. The quantitative estimate of drug-likeness (QED) is 0.620. The van der Waals surface area contributed by atoms with E-state index in [1.165, 1.54) is 24.5 Å². The van der Waals surface area contributed by atoms with Crippen molar-refractivity contribution in [3.63, 3.8) is 0 Å². The molecule has 1 heterocycles. The molecule has 0 aliphatic carbocycles. The summed E-state index contributed by atoms with van der Waals surface area (Å²) in [5.74, 6) is 0. The van der Waals surface area contributed by atoms with E-state index in [4.69, 9.17) is 11.6 Å². The van der Waals surface area contributed by atoms with Gasteiger partial charge in [-0.1, -0.05) is 12.1 Å². The Morgan fingerprint density at radius 3 is 2.50 bits per heavy atom. The Morgan fingerprint density at radius 2 is 1.91 bits per heavy atom. The lowest BCUT2D eigenvalue weighted by molar-refractivity contribution is -0.137. The van der Waals surface area contributed by atoms with Crippen molar-refractivity contribution in [3.05, 3.63) is 47.9 Å². The van der Waals surface area contributed by atoms with Crippen molar-refractivity contribution in [2.75, 3.05) is 6.61 Å². The van der Waals surface area contributed by atoms with Crippen LogP contribution < -0.4 is 0 Å². The normalized spacial score (nSPS) is 12.7. The molecule has 1 aromatic carbocycles. The number of ether oxygens (including phenoxy) is 1. The van der Waals surface area contributed by atoms with Crippen LogP contribution in [0.1, 0.15) is 16.6 Å². The Kier molecular flexibility index (Phi) is 4.97. The number of aromatic nitrogens is 2. The molecule has 1 atom stereocenters. The number of hydrogen-bond acceptors (Lipinski definition) is 4. The molecule has 0 fully saturated rings. The van der Waals surface area contributed by atoms with Crippen molar-refractivity contribution < 1.29 is 22.7 Å². The van der Waals surface area contributed by atoms with Crippen LogP contribution in [0, 0.1) is 0 Å². The minimum atomic E-state index is -4.39. The summed E-state index contributed by atoms with van der Waals surface area (Å²) in [5.41, 5.74) is 0.598. The number of halogens is 4. The first-order valence-corrected chi connectivity index (χ1v) is 6.54. The minimum absolute atomic E-state index is 0.0610. The average Bonchev–Trinajstić information content (AvgIpc) is 2.52. The van der Waals surface area contributed by atoms with Crippen LogP contribution in [0.4, 0.5) is 13.2 Å². The molecule has 1 unspecified atom stereocenters. The third-order valence-electron chi connectivity index (χ3n) is 2.83. The van der Waals surface area contributed by atoms with Crippen molar-refractivity contribution in [2.45, 2.75) is 11.6 Å². The smallest absolute Gasteiger partial charge is 0.416 e. The van der Waals surface area contributed by atoms with Crippen LogP contribution in [-0.4, -0.2) is 23.0 Å². The van der Waals surface area contributed by atoms with E-state index < -0.39 is 17.1 Å². The van der Waals surface area contributed by atoms with Gasteiger partial charge in [-0.05, 0) is 18.2 Å². The molecule has 1 aromatic heterocycles. The van der Waals surface area contributed by atoms with Crippen LogP contribution in [-0.2, 0) is 15.7 Å². The molecule has 0 spiro atoms. The van der Waals surface area contributed by atoms with Crippen LogP contribution in [0.15, 0.2) is 36.7 Å². The van der Waals surface area contributed by atoms with Gasteiger partial charge in [-0.3, -0.25) is 4.79 Å². The Balaban J connectivity index is 2.24. The van der Waals surface area contributed by atoms with Gasteiger partial charge in [0.25, 0.3) is 6.47 Å². The zero-order chi connectivity index (χ0) is 16.2. The lowest BCUT2D eigenvalue weighted by Gasteiger charge is -2.10. The fraction of sp³-hybridized carbons (Fsp3) is 0.214. The Labute approximate surface area is 128 Å². The summed E-state index contributed by atoms with van der Waals surface area (Å²) in [7, 11) is 0. The second kappa shape index (κ2) is 6.74. The molecule has 2 rings (SSSR count). The molecule has 0 saturated carbocycles. The first-order valence-electron chi connectivity index (χ1n) is 6.10. The number of nitrogens with zero attached hydrogens (tertiary/aromatic N) is 2. The van der Waals surface area contributed by atoms with Crippen molar-refractivity contribution >= 4 is 18.1 Å². The molecule has 0 amide bonds. The third kappa shape index (κ3) is 3.94. The number of hydrogen-bond donors (Lipinski definition) is 0. The predicted octanol–water partition coefficient (Wildman–Crippen LogP) is 3.62. The molecule has 0 saturated heterocycles. The zero-order valence-corrected chi connectivity index (χ0v) is 11.8. The number of rotatable bonds is 5. The van der Waals surface area contributed by atoms with Gasteiger partial charge < -0.3 is 4.74 Å². The van der Waals surface area contributed by atoms with Gasteiger partial charge in [-0.2, -0.15) is 13.2 Å². The molecule has 0 aliphatic rings. The lowest BCUT2D eigenvalue weighted by atomic mass is 10.1. The number of benzene rings is 1. The van der Waals surface area contributed by atoms with Gasteiger partial charge in [-0.15, -0.1) is 11.6 Å². The second-order valence-electron chi connectivity index (χ2n) is 4.30. The van der Waals surface area contributed by atoms with E-state index in [0.717, 1.165) is 12.1 Å². The van der Waals surface area contributed by atoms with E-state index in [1.54, 1.807) is 0 Å². The van der Waals surface area contributed by atoms with Crippen molar-refractivity contribution in [2.24, 2.45) is 0 Å². The van der Waals surface area contributed by atoms with Crippen LogP contribution in [0.3, 0.4) is 0 Å². The Bertz CT molecular complexity index is 647. The van der Waals surface area contributed by atoms with Gasteiger partial charge in [0.05, 0.1) is 17.0 Å². The van der Waals surface area contributed by atoms with E-state index in [-0.39, 0.29) is 13.1 Å². The topological polar surface area (TPSA) is 52.1 Å². The van der Waals surface area contributed by atoms with E-state index in [9.17, 15) is 18.0 Å². The number of carbonyl (C=O) groups is 1. The molecule has 0 N–H and O–H groups in total. The Morgan fingerprint density at radius 1 is 1.23 bits per heavy atom. The highest BCUT2D eigenvalue weighted by atomic mass is 35.5. The SMILES string of the molecule is O=COCC(Cl)c1cc(-c2ccc(C(F)(F)F)cc2)ncn1. The maximum absolute atomic E-state index is 12.5. The molecular formula is C14H10ClF3N2O2. The van der Waals surface area contributed by atoms with Gasteiger partial charge in [0.15, 0.2) is 0 Å². The average molecular weight is 331 g/mol. The number of alkyl halides is 4. The second-order valence-corrected chi connectivity index (χ2v) is 4.83. The highest BCUT2D eigenvalue weighted by Crippen LogP contribution is 2.31. The van der Waals surface area contributed by atoms with E-state index in [1.807, 2.05) is 0 Å². The molecule has 8 heteroatoms. The standard InChI is InChI=1S/C14H10ClF3N2O2/c15-11(6-22-8-21)13-5-12(19-7-20-13)9-1-3-10(4-2-9)14(16,17)18/h1-5,7-8,11H,6H2. The summed E-state index contributed by atoms with van der Waals surface area (Å²) in [6.07, 6.45) is -3.14. The minimum Gasteiger partial charge on any atom is -0.466 e. The van der Waals surface area contributed by atoms with Gasteiger partial charge in [0.2, 0.25) is 0 Å². The molecule has 116 valence electrons. The molecule has 0 aliphatic heterocycles. The molecule has 0 bridgehead atoms. The summed E-state index contributed by atoms with van der Waals surface area (Å²) in [6.45, 7) is 0.210. The van der Waals surface area contributed by atoms with E-state index in [0.29, 0.717) is 17.0 Å². The predicted molar refractivity (Wildman–Crippen MR) is 73.1 cm³/mol. The highest BCUT2D eigenvalue weighted by Gasteiger charge is 2.30. The Hall–Kier alpha value is -2.15. The third-order valence-corrected chi connectivity index (χ3v) is 3.18. The maximum Gasteiger partial charge on any atom is 0.416 e. The fourth-order valence-electron chi connectivity index (χ4n) is 1.74. The van der Waals surface area contributed by atoms with Crippen LogP contribution in [0.25, 0.3) is 11.3 Å². The fourth-order valence-corrected chi connectivity index (χ4v) is 1.93. The van der Waals surface area contributed by atoms with Gasteiger partial charge in [-0.25, -0.2) is 9.97 Å². The first kappa shape index (κ1) is 16.2. The molecule has 0 radical (unpaired) electrons. The summed E-state index contributed by atoms with van der Waals surface area (Å²) in [5, 5.41) is -0.665. The van der Waals surface area contributed by atoms with Crippen molar-refractivity contribution in [3.8, 4) is 11.3 Å². The zero-order valence-electron chi connectivity index (χ0n) is 11.0. The largest absolute Gasteiger partial charge is 0.466 e. The lowest BCUT2D eigenvalue weighted by Crippen LogP contribution is -2.05. The van der Waals surface area contributed by atoms with Gasteiger partial charge in [0.1, 0.15) is 18.3 Å².